The van der Waals surface area contributed by atoms with E-state index in [0.717, 1.165) is 5.03 Å². The third kappa shape index (κ3) is 3.73. The van der Waals surface area contributed by atoms with Gasteiger partial charge in [-0.25, -0.2) is 4.98 Å². The van der Waals surface area contributed by atoms with E-state index in [1.807, 2.05) is 24.3 Å². The highest BCUT2D eigenvalue weighted by atomic mass is 32.2. The van der Waals surface area contributed by atoms with Gasteiger partial charge in [0.2, 0.25) is 0 Å². The fourth-order valence-corrected chi connectivity index (χ4v) is 3.61. The van der Waals surface area contributed by atoms with Crippen molar-refractivity contribution in [3.8, 4) is 0 Å². The van der Waals surface area contributed by atoms with Crippen LogP contribution in [0.1, 0.15) is 5.76 Å². The summed E-state index contributed by atoms with van der Waals surface area (Å²) in [5, 5.41) is 3.98. The highest BCUT2D eigenvalue weighted by Crippen LogP contribution is 2.29. The van der Waals surface area contributed by atoms with E-state index in [4.69, 9.17) is 16.6 Å². The Balaban J connectivity index is 1.60. The summed E-state index contributed by atoms with van der Waals surface area (Å²) in [6.45, 7) is 0. The second-order valence-electron chi connectivity index (χ2n) is 5.72. The van der Waals surface area contributed by atoms with Crippen molar-refractivity contribution in [1.29, 1.82) is 0 Å². The van der Waals surface area contributed by atoms with Crippen LogP contribution in [0.25, 0.3) is 6.08 Å². The lowest BCUT2D eigenvalue weighted by Gasteiger charge is -2.28. The maximum atomic E-state index is 12.9. The van der Waals surface area contributed by atoms with E-state index in [2.05, 4.69) is 10.3 Å². The van der Waals surface area contributed by atoms with Gasteiger partial charge in [0.25, 0.3) is 11.8 Å². The van der Waals surface area contributed by atoms with Gasteiger partial charge in [-0.2, -0.15) is 0 Å². The first kappa shape index (κ1) is 18.1. The first-order valence-corrected chi connectivity index (χ1v) is 9.49. The largest absolute Gasteiger partial charge is 0.450 e. The van der Waals surface area contributed by atoms with E-state index in [0.29, 0.717) is 16.5 Å². The molecule has 0 radical (unpaired) electrons. The Morgan fingerprint density at radius 2 is 1.82 bits per heavy atom. The summed E-state index contributed by atoms with van der Waals surface area (Å²) in [5.41, 5.74) is 0.524. The minimum absolute atomic E-state index is 0.0455. The van der Waals surface area contributed by atoms with Crippen LogP contribution in [0.4, 0.5) is 5.69 Å². The molecule has 1 N–H and O–H groups in total. The fourth-order valence-electron chi connectivity index (χ4n) is 2.59. The summed E-state index contributed by atoms with van der Waals surface area (Å²) in [5.74, 6) is -0.675. The number of rotatable bonds is 4. The molecule has 3 heterocycles. The molecule has 0 spiro atoms. The van der Waals surface area contributed by atoms with Crippen LogP contribution in [0, 0.1) is 0 Å². The van der Waals surface area contributed by atoms with Crippen molar-refractivity contribution in [1.82, 2.24) is 10.3 Å². The van der Waals surface area contributed by atoms with Gasteiger partial charge in [0, 0.05) is 6.20 Å². The molecule has 6 nitrogen and oxygen atoms in total. The number of hydrogen-bond donors (Lipinski definition) is 1. The summed E-state index contributed by atoms with van der Waals surface area (Å²) in [4.78, 5) is 30.7. The lowest BCUT2D eigenvalue weighted by molar-refractivity contribution is -0.122. The van der Waals surface area contributed by atoms with E-state index in [-0.39, 0.29) is 10.7 Å². The molecule has 0 bridgehead atoms. The first-order valence-electron chi connectivity index (χ1n) is 8.27. The summed E-state index contributed by atoms with van der Waals surface area (Å²) in [7, 11) is 0. The number of benzene rings is 1. The van der Waals surface area contributed by atoms with Crippen molar-refractivity contribution in [3.63, 3.8) is 0 Å². The Morgan fingerprint density at radius 1 is 1.04 bits per heavy atom. The van der Waals surface area contributed by atoms with Crippen LogP contribution in [-0.4, -0.2) is 21.9 Å². The van der Waals surface area contributed by atoms with Gasteiger partial charge in [-0.3, -0.25) is 19.8 Å². The molecule has 1 aliphatic rings. The van der Waals surface area contributed by atoms with Gasteiger partial charge in [-0.1, -0.05) is 24.3 Å². The standard InChI is InChI=1S/C20H13N3O3S2/c24-18-15(19(25)23(20(27)22-18)13-6-2-1-3-7-13)12-14-9-10-17(26-14)28-16-8-4-5-11-21-16/h1-12H,(H,22,24,27)/b15-12+. The highest BCUT2D eigenvalue weighted by molar-refractivity contribution is 7.99. The zero-order valence-electron chi connectivity index (χ0n) is 14.4. The molecule has 138 valence electrons. The number of carbonyl (C=O) groups excluding carboxylic acids is 2. The normalized spacial score (nSPS) is 15.8. The summed E-state index contributed by atoms with van der Waals surface area (Å²) >= 11 is 6.52. The SMILES string of the molecule is O=C1NC(=S)N(c2ccccc2)C(=O)/C1=C/c1ccc(Sc2ccccn2)o1. The zero-order valence-corrected chi connectivity index (χ0v) is 16.0. The number of pyridine rings is 1. The molecule has 2 aromatic heterocycles. The van der Waals surface area contributed by atoms with Crippen LogP contribution in [0.3, 0.4) is 0 Å². The quantitative estimate of drug-likeness (QED) is 0.404. The molecule has 0 aliphatic carbocycles. The second kappa shape index (κ2) is 7.79. The van der Waals surface area contributed by atoms with Crippen LogP contribution in [0.5, 0.6) is 0 Å². The average Bonchev–Trinajstić information content (AvgIpc) is 3.14. The minimum Gasteiger partial charge on any atom is -0.450 e. The van der Waals surface area contributed by atoms with Crippen molar-refractivity contribution < 1.29 is 14.0 Å². The van der Waals surface area contributed by atoms with Crippen LogP contribution in [0.2, 0.25) is 0 Å². The predicted molar refractivity (Wildman–Crippen MR) is 110 cm³/mol. The summed E-state index contributed by atoms with van der Waals surface area (Å²) in [6, 6.07) is 17.9. The molecular weight excluding hydrogens is 394 g/mol. The third-order valence-corrected chi connectivity index (χ3v) is 5.00. The molecule has 1 aromatic carbocycles. The van der Waals surface area contributed by atoms with Crippen molar-refractivity contribution in [3.05, 3.63) is 78.2 Å². The van der Waals surface area contributed by atoms with Gasteiger partial charge in [0.1, 0.15) is 16.4 Å². The van der Waals surface area contributed by atoms with Gasteiger partial charge in [0.05, 0.1) is 5.69 Å². The van der Waals surface area contributed by atoms with E-state index < -0.39 is 11.8 Å². The van der Waals surface area contributed by atoms with Crippen LogP contribution < -0.4 is 10.2 Å². The molecule has 0 unspecified atom stereocenters. The maximum Gasteiger partial charge on any atom is 0.270 e. The number of carbonyl (C=O) groups is 2. The lowest BCUT2D eigenvalue weighted by Crippen LogP contribution is -2.54. The maximum absolute atomic E-state index is 12.9. The Hall–Kier alpha value is -3.23. The number of nitrogens with one attached hydrogen (secondary N) is 1. The summed E-state index contributed by atoms with van der Waals surface area (Å²) < 4.78 is 5.72. The first-order chi connectivity index (χ1) is 13.6. The lowest BCUT2D eigenvalue weighted by atomic mass is 10.1. The molecule has 1 aliphatic heterocycles. The second-order valence-corrected chi connectivity index (χ2v) is 7.13. The topological polar surface area (TPSA) is 75.4 Å². The van der Waals surface area contributed by atoms with Crippen LogP contribution in [-0.2, 0) is 9.59 Å². The smallest absolute Gasteiger partial charge is 0.270 e. The molecule has 28 heavy (non-hydrogen) atoms. The van der Waals surface area contributed by atoms with Crippen molar-refractivity contribution in [2.75, 3.05) is 4.90 Å². The molecular formula is C20H13N3O3S2. The van der Waals surface area contributed by atoms with Gasteiger partial charge < -0.3 is 4.42 Å². The monoisotopic (exact) mass is 407 g/mol. The average molecular weight is 407 g/mol. The Bertz CT molecular complexity index is 1080. The number of hydrogen-bond acceptors (Lipinski definition) is 6. The fraction of sp³-hybridized carbons (Fsp3) is 0. The highest BCUT2D eigenvalue weighted by Gasteiger charge is 2.34. The van der Waals surface area contributed by atoms with E-state index in [1.54, 1.807) is 42.6 Å². The molecule has 1 fully saturated rings. The Kier molecular flexibility index (Phi) is 5.05. The van der Waals surface area contributed by atoms with Crippen molar-refractivity contribution >= 4 is 52.7 Å². The van der Waals surface area contributed by atoms with Crippen LogP contribution >= 0.6 is 24.0 Å². The number of thiocarbonyl (C=S) groups is 1. The number of nitrogens with zero attached hydrogens (tertiary/aromatic N) is 2. The van der Waals surface area contributed by atoms with Gasteiger partial charge in [0.15, 0.2) is 10.2 Å². The molecule has 0 saturated carbocycles. The number of aromatic nitrogens is 1. The van der Waals surface area contributed by atoms with E-state index in [1.165, 1.54) is 22.7 Å². The number of para-hydroxylation sites is 1. The molecule has 3 aromatic rings. The minimum atomic E-state index is -0.558. The molecule has 0 atom stereocenters. The molecule has 4 rings (SSSR count). The molecule has 2 amide bonds. The molecule has 8 heteroatoms. The third-order valence-electron chi connectivity index (χ3n) is 3.85. The predicted octanol–water partition coefficient (Wildman–Crippen LogP) is 3.66. The zero-order chi connectivity index (χ0) is 19.5. The van der Waals surface area contributed by atoms with Gasteiger partial charge >= 0.3 is 0 Å². The van der Waals surface area contributed by atoms with Gasteiger partial charge in [-0.05, 0) is 66.5 Å². The van der Waals surface area contributed by atoms with Crippen LogP contribution in [0.15, 0.2) is 87.0 Å². The Labute approximate surface area is 170 Å². The number of anilines is 1. The molecule has 1 saturated heterocycles. The number of amides is 2. The number of furan rings is 1. The van der Waals surface area contributed by atoms with Gasteiger partial charge in [-0.15, -0.1) is 0 Å². The van der Waals surface area contributed by atoms with E-state index >= 15 is 0 Å². The Morgan fingerprint density at radius 3 is 2.57 bits per heavy atom. The summed E-state index contributed by atoms with van der Waals surface area (Å²) in [6.07, 6.45) is 3.11. The van der Waals surface area contributed by atoms with Crippen molar-refractivity contribution in [2.24, 2.45) is 0 Å². The van der Waals surface area contributed by atoms with Crippen molar-refractivity contribution in [2.45, 2.75) is 10.1 Å². The van der Waals surface area contributed by atoms with E-state index in [9.17, 15) is 9.59 Å².